The molecule has 0 radical (unpaired) electrons. The van der Waals surface area contributed by atoms with E-state index in [1.54, 1.807) is 24.4 Å². The maximum Gasteiger partial charge on any atom is 0.441 e. The van der Waals surface area contributed by atoms with E-state index < -0.39 is 21.4 Å². The van der Waals surface area contributed by atoms with Crippen LogP contribution in [0.1, 0.15) is 6.42 Å². The van der Waals surface area contributed by atoms with Gasteiger partial charge in [0.1, 0.15) is 11.5 Å². The molecule has 9 heteroatoms. The maximum atomic E-state index is 12.9. The number of halogens is 1. The molecule has 7 nitrogen and oxygen atoms in total. The van der Waals surface area contributed by atoms with Gasteiger partial charge in [-0.15, -0.1) is 0 Å². The summed E-state index contributed by atoms with van der Waals surface area (Å²) in [6, 6.07) is 9.76. The average Bonchev–Trinajstić information content (AvgIpc) is 2.97. The predicted molar refractivity (Wildman–Crippen MR) is 87.1 cm³/mol. The van der Waals surface area contributed by atoms with Gasteiger partial charge in [-0.1, -0.05) is 11.2 Å². The lowest BCUT2D eigenvalue weighted by atomic mass is 10.3. The SMILES string of the molecule is O=c1onc(-c2ccccn2)n1CCCS(=O)(=O)c1ccc(F)cc1. The Bertz CT molecular complexity index is 1010. The first-order valence-corrected chi connectivity index (χ1v) is 9.09. The number of sulfone groups is 1. The van der Waals surface area contributed by atoms with Crippen molar-refractivity contribution in [3.63, 3.8) is 0 Å². The Labute approximate surface area is 142 Å². The zero-order chi connectivity index (χ0) is 17.9. The van der Waals surface area contributed by atoms with Crippen molar-refractivity contribution in [1.82, 2.24) is 14.7 Å². The molecule has 0 aliphatic heterocycles. The third kappa shape index (κ3) is 3.82. The monoisotopic (exact) mass is 363 g/mol. The molecule has 3 rings (SSSR count). The van der Waals surface area contributed by atoms with Crippen molar-refractivity contribution in [2.45, 2.75) is 17.9 Å². The molecule has 0 N–H and O–H groups in total. The van der Waals surface area contributed by atoms with E-state index >= 15 is 0 Å². The molecule has 0 spiro atoms. The van der Waals surface area contributed by atoms with Gasteiger partial charge in [-0.25, -0.2) is 17.6 Å². The largest absolute Gasteiger partial charge is 0.441 e. The highest BCUT2D eigenvalue weighted by atomic mass is 32.2. The first-order chi connectivity index (χ1) is 12.0. The Hall–Kier alpha value is -2.81. The highest BCUT2D eigenvalue weighted by molar-refractivity contribution is 7.91. The summed E-state index contributed by atoms with van der Waals surface area (Å²) < 4.78 is 43.3. The number of rotatable bonds is 6. The van der Waals surface area contributed by atoms with Crippen LogP contribution in [-0.2, 0) is 16.4 Å². The Balaban J connectivity index is 1.74. The van der Waals surface area contributed by atoms with Crippen LogP contribution in [0.5, 0.6) is 0 Å². The smallest absolute Gasteiger partial charge is 0.295 e. The van der Waals surface area contributed by atoms with Crippen LogP contribution in [0, 0.1) is 5.82 Å². The summed E-state index contributed by atoms with van der Waals surface area (Å²) in [6.45, 7) is 0.106. The molecular weight excluding hydrogens is 349 g/mol. The molecule has 0 fully saturated rings. The van der Waals surface area contributed by atoms with Gasteiger partial charge in [0.25, 0.3) is 0 Å². The molecule has 130 valence electrons. The van der Waals surface area contributed by atoms with E-state index in [4.69, 9.17) is 0 Å². The van der Waals surface area contributed by atoms with Gasteiger partial charge in [0.05, 0.1) is 10.6 Å². The Kier molecular flexibility index (Phi) is 4.75. The van der Waals surface area contributed by atoms with Crippen LogP contribution in [0.25, 0.3) is 11.5 Å². The van der Waals surface area contributed by atoms with Gasteiger partial charge in [-0.3, -0.25) is 14.1 Å². The second kappa shape index (κ2) is 6.98. The van der Waals surface area contributed by atoms with Crippen LogP contribution in [0.4, 0.5) is 4.39 Å². The second-order valence-corrected chi connectivity index (χ2v) is 7.37. The fourth-order valence-electron chi connectivity index (χ4n) is 2.32. The quantitative estimate of drug-likeness (QED) is 0.621. The van der Waals surface area contributed by atoms with E-state index in [-0.39, 0.29) is 29.4 Å². The highest BCUT2D eigenvalue weighted by Crippen LogP contribution is 2.15. The standard InChI is InChI=1S/C16H14FN3O4S/c17-12-5-7-13(8-6-12)25(22,23)11-3-10-20-15(19-24-16(20)21)14-4-1-2-9-18-14/h1-2,4-9H,3,10-11H2. The van der Waals surface area contributed by atoms with Crippen molar-refractivity contribution in [3.8, 4) is 11.5 Å². The minimum Gasteiger partial charge on any atom is -0.295 e. The first-order valence-electron chi connectivity index (χ1n) is 7.43. The molecular formula is C16H14FN3O4S. The third-order valence-electron chi connectivity index (χ3n) is 3.55. The van der Waals surface area contributed by atoms with Gasteiger partial charge in [-0.2, -0.15) is 0 Å². The van der Waals surface area contributed by atoms with Crippen molar-refractivity contribution in [2.75, 3.05) is 5.75 Å². The summed E-state index contributed by atoms with van der Waals surface area (Å²) in [5.41, 5.74) is 0.453. The number of hydrogen-bond acceptors (Lipinski definition) is 6. The number of benzene rings is 1. The number of aromatic nitrogens is 3. The van der Waals surface area contributed by atoms with Crippen molar-refractivity contribution in [3.05, 3.63) is 65.0 Å². The van der Waals surface area contributed by atoms with E-state index in [9.17, 15) is 17.6 Å². The number of pyridine rings is 1. The molecule has 0 aliphatic rings. The molecule has 1 aromatic carbocycles. The van der Waals surface area contributed by atoms with Crippen molar-refractivity contribution in [1.29, 1.82) is 0 Å². The van der Waals surface area contributed by atoms with Gasteiger partial charge in [-0.05, 0) is 42.8 Å². The van der Waals surface area contributed by atoms with Crippen LogP contribution >= 0.6 is 0 Å². The molecule has 25 heavy (non-hydrogen) atoms. The zero-order valence-corrected chi connectivity index (χ0v) is 13.8. The summed E-state index contributed by atoms with van der Waals surface area (Å²) in [5, 5.41) is 3.69. The van der Waals surface area contributed by atoms with Gasteiger partial charge < -0.3 is 0 Å². The van der Waals surface area contributed by atoms with Crippen molar-refractivity contribution >= 4 is 9.84 Å². The minimum atomic E-state index is -3.57. The van der Waals surface area contributed by atoms with Gasteiger partial charge in [0, 0.05) is 12.7 Å². The van der Waals surface area contributed by atoms with Gasteiger partial charge >= 0.3 is 5.76 Å². The van der Waals surface area contributed by atoms with Crippen LogP contribution in [0.2, 0.25) is 0 Å². The molecule has 0 unspecified atom stereocenters. The fraction of sp³-hybridized carbons (Fsp3) is 0.188. The Morgan fingerprint density at radius 1 is 1.12 bits per heavy atom. The molecule has 0 aliphatic carbocycles. The second-order valence-electron chi connectivity index (χ2n) is 5.27. The van der Waals surface area contributed by atoms with Crippen molar-refractivity contribution < 1.29 is 17.3 Å². The van der Waals surface area contributed by atoms with Crippen LogP contribution < -0.4 is 5.76 Å². The summed E-state index contributed by atoms with van der Waals surface area (Å²) in [5.74, 6) is -1.14. The number of hydrogen-bond donors (Lipinski definition) is 0. The zero-order valence-electron chi connectivity index (χ0n) is 13.0. The van der Waals surface area contributed by atoms with Gasteiger partial charge in [0.15, 0.2) is 9.84 Å². The normalized spacial score (nSPS) is 11.6. The van der Waals surface area contributed by atoms with E-state index in [1.165, 1.54) is 16.7 Å². The van der Waals surface area contributed by atoms with E-state index in [1.807, 2.05) is 0 Å². The van der Waals surface area contributed by atoms with Crippen LogP contribution in [-0.4, -0.2) is 28.9 Å². The molecule has 0 amide bonds. The molecule has 0 saturated heterocycles. The number of nitrogens with zero attached hydrogens (tertiary/aromatic N) is 3. The van der Waals surface area contributed by atoms with Crippen LogP contribution in [0.15, 0.2) is 62.9 Å². The molecule has 0 bridgehead atoms. The van der Waals surface area contributed by atoms with Crippen LogP contribution in [0.3, 0.4) is 0 Å². The van der Waals surface area contributed by atoms with Crippen molar-refractivity contribution in [2.24, 2.45) is 0 Å². The average molecular weight is 363 g/mol. The highest BCUT2D eigenvalue weighted by Gasteiger charge is 2.17. The fourth-order valence-corrected chi connectivity index (χ4v) is 3.61. The van der Waals surface area contributed by atoms with Gasteiger partial charge in [0.2, 0.25) is 5.82 Å². The maximum absolute atomic E-state index is 12.9. The molecule has 2 aromatic heterocycles. The van der Waals surface area contributed by atoms with E-state index in [2.05, 4.69) is 14.7 Å². The summed E-state index contributed by atoms with van der Waals surface area (Å²) >= 11 is 0. The van der Waals surface area contributed by atoms with E-state index in [0.29, 0.717) is 5.69 Å². The molecule has 0 saturated carbocycles. The lowest BCUT2D eigenvalue weighted by molar-refractivity contribution is 0.375. The first kappa shape index (κ1) is 17.0. The summed E-state index contributed by atoms with van der Waals surface area (Å²) in [4.78, 5) is 15.9. The Morgan fingerprint density at radius 3 is 2.56 bits per heavy atom. The topological polar surface area (TPSA) is 95.1 Å². The minimum absolute atomic E-state index is 0.0384. The lowest BCUT2D eigenvalue weighted by Gasteiger charge is -2.06. The molecule has 0 atom stereocenters. The van der Waals surface area contributed by atoms with E-state index in [0.717, 1.165) is 12.1 Å². The molecule has 3 aromatic rings. The summed E-state index contributed by atoms with van der Waals surface area (Å²) in [6.07, 6.45) is 1.72. The predicted octanol–water partition coefficient (Wildman–Crippen LogP) is 1.90. The summed E-state index contributed by atoms with van der Waals surface area (Å²) in [7, 11) is -3.57. The lowest BCUT2D eigenvalue weighted by Crippen LogP contribution is -2.18. The third-order valence-corrected chi connectivity index (χ3v) is 5.36. The Morgan fingerprint density at radius 2 is 1.88 bits per heavy atom. The molecule has 2 heterocycles.